The molecule has 5 atom stereocenters. The molecule has 0 saturated carbocycles. The second kappa shape index (κ2) is 18.2. The fourth-order valence-electron chi connectivity index (χ4n) is 4.46. The third-order valence-electron chi connectivity index (χ3n) is 6.77. The summed E-state index contributed by atoms with van der Waals surface area (Å²) in [5.74, 6) is -3.57. The van der Waals surface area contributed by atoms with Gasteiger partial charge in [0.2, 0.25) is 29.5 Å². The summed E-state index contributed by atoms with van der Waals surface area (Å²) >= 11 is 0. The first kappa shape index (κ1) is 37.5. The average Bonchev–Trinajstić information content (AvgIpc) is 3.23. The Morgan fingerprint density at radius 2 is 1.56 bits per heavy atom. The van der Waals surface area contributed by atoms with E-state index >= 15 is 0 Å². The van der Waals surface area contributed by atoms with Crippen LogP contribution in [-0.4, -0.2) is 86.9 Å². The van der Waals surface area contributed by atoms with Gasteiger partial charge in [-0.2, -0.15) is 5.10 Å². The topological polar surface area (TPSA) is 218 Å². The van der Waals surface area contributed by atoms with Gasteiger partial charge in [-0.05, 0) is 44.6 Å². The fraction of sp³-hybridized carbons (Fsp3) is 0.724. The Hall–Kier alpha value is -3.52. The number of aromatic nitrogens is 2. The first-order valence-corrected chi connectivity index (χ1v) is 14.8. The largest absolute Gasteiger partial charge is 0.394 e. The number of rotatable bonds is 19. The molecule has 0 fully saturated rings. The number of nitrogens with zero attached hydrogens (tertiary/aromatic N) is 2. The summed E-state index contributed by atoms with van der Waals surface area (Å²) in [5, 5.41) is 35.4. The van der Waals surface area contributed by atoms with Crippen LogP contribution < -0.4 is 27.0 Å². The number of nitrogens with two attached hydrogens (primary N) is 1. The molecular weight excluding hydrogens is 558 g/mol. The van der Waals surface area contributed by atoms with Gasteiger partial charge in [0.1, 0.15) is 12.1 Å². The minimum absolute atomic E-state index is 0.0134. The van der Waals surface area contributed by atoms with Crippen molar-refractivity contribution in [2.45, 2.75) is 105 Å². The molecular formula is C29H51N7O7. The lowest BCUT2D eigenvalue weighted by Crippen LogP contribution is -2.54. The van der Waals surface area contributed by atoms with Crippen LogP contribution in [-0.2, 0) is 30.5 Å². The maximum Gasteiger partial charge on any atom is 0.244 e. The molecule has 8 N–H and O–H groups in total. The van der Waals surface area contributed by atoms with Gasteiger partial charge in [-0.15, -0.1) is 0 Å². The zero-order valence-corrected chi connectivity index (χ0v) is 26.5. The van der Waals surface area contributed by atoms with Gasteiger partial charge >= 0.3 is 0 Å². The van der Waals surface area contributed by atoms with Crippen molar-refractivity contribution in [1.29, 1.82) is 0 Å². The minimum atomic E-state index is -1.26. The van der Waals surface area contributed by atoms with Crippen LogP contribution in [0.4, 0.5) is 0 Å². The maximum atomic E-state index is 13.2. The smallest absolute Gasteiger partial charge is 0.244 e. The first-order chi connectivity index (χ1) is 20.0. The highest BCUT2D eigenvalue weighted by Crippen LogP contribution is 2.16. The summed E-state index contributed by atoms with van der Waals surface area (Å²) in [6.07, 6.45) is -1.33. The second-order valence-corrected chi connectivity index (χ2v) is 12.0. The van der Waals surface area contributed by atoms with E-state index in [2.05, 4.69) is 26.4 Å². The van der Waals surface area contributed by atoms with E-state index < -0.39 is 72.7 Å². The van der Waals surface area contributed by atoms with Crippen LogP contribution in [0, 0.1) is 31.6 Å². The number of nitrogens with one attached hydrogen (secondary N) is 4. The van der Waals surface area contributed by atoms with Crippen molar-refractivity contribution < 1.29 is 34.2 Å². The van der Waals surface area contributed by atoms with Crippen LogP contribution in [0.15, 0.2) is 6.07 Å². The Morgan fingerprint density at radius 3 is 2.07 bits per heavy atom. The van der Waals surface area contributed by atoms with Crippen LogP contribution in [0.1, 0.15) is 71.7 Å². The normalized spacial score (nSPS) is 14.9. The maximum absolute atomic E-state index is 13.2. The Balaban J connectivity index is 2.87. The van der Waals surface area contributed by atoms with E-state index in [-0.39, 0.29) is 31.2 Å². The molecule has 1 aromatic rings. The van der Waals surface area contributed by atoms with Crippen molar-refractivity contribution in [2.75, 3.05) is 13.2 Å². The first-order valence-electron chi connectivity index (χ1n) is 14.8. The molecule has 0 spiro atoms. The van der Waals surface area contributed by atoms with Crippen LogP contribution >= 0.6 is 0 Å². The minimum Gasteiger partial charge on any atom is -0.394 e. The van der Waals surface area contributed by atoms with Crippen molar-refractivity contribution in [3.63, 3.8) is 0 Å². The third-order valence-corrected chi connectivity index (χ3v) is 6.77. The monoisotopic (exact) mass is 609 g/mol. The standard InChI is InChI=1S/C29H51N7O7/c1-16(2)10-21(24(38)11-18(5)27(41)34-23(15-37)28(42)31-14-17(3)4)33-29(43)22(13-25(30)39)32-26(40)8-9-36-20(7)12-19(6)35-36/h12,16-18,21-24,37-38H,8-11,13-15H2,1-7H3,(H2,30,39)(H,31,42)(H,32,40)(H,33,43)(H,34,41). The number of aliphatic hydroxyl groups excluding tert-OH is 2. The SMILES string of the molecule is Cc1cc(C)n(CCC(=O)NC(CC(N)=O)C(=O)NC(CC(C)C)C(O)CC(C)C(=O)NC(CO)C(=O)NCC(C)C)n1. The number of carbonyl (C=O) groups excluding carboxylic acids is 5. The summed E-state index contributed by atoms with van der Waals surface area (Å²) in [4.78, 5) is 62.7. The molecule has 43 heavy (non-hydrogen) atoms. The fourth-order valence-corrected chi connectivity index (χ4v) is 4.46. The molecule has 0 aliphatic carbocycles. The second-order valence-electron chi connectivity index (χ2n) is 12.0. The molecule has 5 unspecified atom stereocenters. The number of aliphatic hydroxyl groups is 2. The van der Waals surface area contributed by atoms with E-state index in [0.29, 0.717) is 13.0 Å². The number of aryl methyl sites for hydroxylation is 3. The summed E-state index contributed by atoms with van der Waals surface area (Å²) in [6.45, 7) is 13.0. The number of amides is 5. The van der Waals surface area contributed by atoms with Crippen LogP contribution in [0.3, 0.4) is 0 Å². The zero-order valence-electron chi connectivity index (χ0n) is 26.5. The van der Waals surface area contributed by atoms with Gasteiger partial charge in [0.15, 0.2) is 0 Å². The number of primary amides is 1. The van der Waals surface area contributed by atoms with Crippen molar-refractivity contribution in [3.8, 4) is 0 Å². The van der Waals surface area contributed by atoms with E-state index in [9.17, 15) is 34.2 Å². The van der Waals surface area contributed by atoms with Crippen molar-refractivity contribution in [1.82, 2.24) is 31.0 Å². The van der Waals surface area contributed by atoms with Gasteiger partial charge in [-0.25, -0.2) is 0 Å². The summed E-state index contributed by atoms with van der Waals surface area (Å²) in [5.41, 5.74) is 7.04. The quantitative estimate of drug-likeness (QED) is 0.107. The lowest BCUT2D eigenvalue weighted by Gasteiger charge is -2.29. The van der Waals surface area contributed by atoms with Gasteiger partial charge in [-0.3, -0.25) is 28.7 Å². The Morgan fingerprint density at radius 1 is 0.907 bits per heavy atom. The highest BCUT2D eigenvalue weighted by Gasteiger charge is 2.31. The van der Waals surface area contributed by atoms with Crippen LogP contribution in [0.5, 0.6) is 0 Å². The molecule has 5 amide bonds. The molecule has 14 heteroatoms. The van der Waals surface area contributed by atoms with Gasteiger partial charge < -0.3 is 37.2 Å². The molecule has 1 aromatic heterocycles. The molecule has 0 aromatic carbocycles. The molecule has 0 saturated heterocycles. The van der Waals surface area contributed by atoms with Crippen LogP contribution in [0.2, 0.25) is 0 Å². The predicted octanol–water partition coefficient (Wildman–Crippen LogP) is -0.582. The molecule has 0 radical (unpaired) electrons. The van der Waals surface area contributed by atoms with Gasteiger partial charge in [0, 0.05) is 31.1 Å². The Kier molecular flexibility index (Phi) is 15.9. The van der Waals surface area contributed by atoms with E-state index in [1.54, 1.807) is 11.6 Å². The Labute approximate surface area is 253 Å². The van der Waals surface area contributed by atoms with E-state index in [1.165, 1.54) is 0 Å². The number of hydrogen-bond acceptors (Lipinski definition) is 8. The lowest BCUT2D eigenvalue weighted by atomic mass is 9.92. The summed E-state index contributed by atoms with van der Waals surface area (Å²) in [7, 11) is 0. The predicted molar refractivity (Wildman–Crippen MR) is 160 cm³/mol. The lowest BCUT2D eigenvalue weighted by molar-refractivity contribution is -0.133. The van der Waals surface area contributed by atoms with Gasteiger partial charge in [-0.1, -0.05) is 34.6 Å². The molecule has 0 aliphatic heterocycles. The van der Waals surface area contributed by atoms with E-state index in [1.807, 2.05) is 47.6 Å². The van der Waals surface area contributed by atoms with E-state index in [4.69, 9.17) is 5.73 Å². The third kappa shape index (κ3) is 14.0. The average molecular weight is 610 g/mol. The molecule has 244 valence electrons. The number of hydrogen-bond donors (Lipinski definition) is 7. The van der Waals surface area contributed by atoms with Crippen molar-refractivity contribution in [2.24, 2.45) is 23.5 Å². The molecule has 0 aliphatic rings. The number of carbonyl (C=O) groups is 5. The van der Waals surface area contributed by atoms with Gasteiger partial charge in [0.05, 0.1) is 30.9 Å². The molecule has 1 rings (SSSR count). The zero-order chi connectivity index (χ0) is 32.9. The Bertz CT molecular complexity index is 1090. The molecule has 0 bridgehead atoms. The molecule has 14 nitrogen and oxygen atoms in total. The van der Waals surface area contributed by atoms with E-state index in [0.717, 1.165) is 11.4 Å². The van der Waals surface area contributed by atoms with Gasteiger partial charge in [0.25, 0.3) is 0 Å². The summed E-state index contributed by atoms with van der Waals surface area (Å²) < 4.78 is 1.67. The van der Waals surface area contributed by atoms with Crippen LogP contribution in [0.25, 0.3) is 0 Å². The highest BCUT2D eigenvalue weighted by molar-refractivity contribution is 5.92. The molecule has 1 heterocycles. The van der Waals surface area contributed by atoms with Crippen molar-refractivity contribution in [3.05, 3.63) is 17.5 Å². The summed E-state index contributed by atoms with van der Waals surface area (Å²) in [6, 6.07) is -1.34. The van der Waals surface area contributed by atoms with Crippen molar-refractivity contribution >= 4 is 29.5 Å². The highest BCUT2D eigenvalue weighted by atomic mass is 16.3.